The Morgan fingerprint density at radius 2 is 2.10 bits per heavy atom. The van der Waals surface area contributed by atoms with Gasteiger partial charge in [0, 0.05) is 30.9 Å². The summed E-state index contributed by atoms with van der Waals surface area (Å²) in [4.78, 5) is 28.6. The molecule has 0 aliphatic carbocycles. The van der Waals surface area contributed by atoms with Gasteiger partial charge in [-0.15, -0.1) is 0 Å². The van der Waals surface area contributed by atoms with Gasteiger partial charge in [-0.25, -0.2) is 4.98 Å². The van der Waals surface area contributed by atoms with Gasteiger partial charge in [-0.05, 0) is 20.3 Å². The van der Waals surface area contributed by atoms with Crippen LogP contribution in [-0.4, -0.2) is 44.0 Å². The minimum atomic E-state index is -0.985. The number of carbonyl (C=O) groups excluding carboxylic acids is 1. The molecule has 20 heavy (non-hydrogen) atoms. The first-order valence-electron chi connectivity index (χ1n) is 6.94. The summed E-state index contributed by atoms with van der Waals surface area (Å²) in [6, 6.07) is -0.0892. The van der Waals surface area contributed by atoms with Crippen LogP contribution in [0.2, 0.25) is 0 Å². The van der Waals surface area contributed by atoms with Crippen molar-refractivity contribution >= 4 is 11.9 Å². The minimum absolute atomic E-state index is 0.0324. The van der Waals surface area contributed by atoms with Crippen molar-refractivity contribution in [3.63, 3.8) is 0 Å². The molecule has 1 atom stereocenters. The lowest BCUT2D eigenvalue weighted by atomic mass is 10.1. The molecule has 1 rings (SSSR count). The molecule has 1 aromatic heterocycles. The Hall–Kier alpha value is -1.85. The maximum Gasteiger partial charge on any atom is 0.323 e. The number of carbonyl (C=O) groups is 2. The van der Waals surface area contributed by atoms with E-state index in [9.17, 15) is 9.59 Å². The van der Waals surface area contributed by atoms with Crippen LogP contribution in [0.25, 0.3) is 0 Å². The maximum absolute atomic E-state index is 12.3. The van der Waals surface area contributed by atoms with Gasteiger partial charge in [-0.1, -0.05) is 13.3 Å². The van der Waals surface area contributed by atoms with Crippen LogP contribution in [0.1, 0.15) is 46.1 Å². The molecule has 0 aromatic carbocycles. The molecule has 0 aliphatic heterocycles. The Bertz CT molecular complexity index is 429. The SMILES string of the molecule is CCCC(CC(=O)N(CC(=O)O)C(C)C)n1ccnc1. The first-order valence-corrected chi connectivity index (χ1v) is 6.94. The van der Waals surface area contributed by atoms with Crippen LogP contribution in [-0.2, 0) is 9.59 Å². The van der Waals surface area contributed by atoms with Gasteiger partial charge in [0.25, 0.3) is 0 Å². The summed E-state index contributed by atoms with van der Waals surface area (Å²) in [7, 11) is 0. The molecule has 0 bridgehead atoms. The fourth-order valence-electron chi connectivity index (χ4n) is 2.20. The van der Waals surface area contributed by atoms with Gasteiger partial charge in [0.2, 0.25) is 5.91 Å². The number of aromatic nitrogens is 2. The van der Waals surface area contributed by atoms with Crippen LogP contribution in [0.4, 0.5) is 0 Å². The quantitative estimate of drug-likeness (QED) is 0.790. The molecule has 0 saturated carbocycles. The smallest absolute Gasteiger partial charge is 0.323 e. The van der Waals surface area contributed by atoms with Crippen LogP contribution in [0.15, 0.2) is 18.7 Å². The van der Waals surface area contributed by atoms with E-state index in [4.69, 9.17) is 5.11 Å². The van der Waals surface area contributed by atoms with Gasteiger partial charge >= 0.3 is 5.97 Å². The second-order valence-corrected chi connectivity index (χ2v) is 5.17. The lowest BCUT2D eigenvalue weighted by Crippen LogP contribution is -2.41. The van der Waals surface area contributed by atoms with E-state index in [1.54, 1.807) is 12.5 Å². The zero-order valence-electron chi connectivity index (χ0n) is 12.3. The van der Waals surface area contributed by atoms with Crippen LogP contribution >= 0.6 is 0 Å². The van der Waals surface area contributed by atoms with Gasteiger partial charge in [-0.3, -0.25) is 9.59 Å². The number of amides is 1. The van der Waals surface area contributed by atoms with Crippen molar-refractivity contribution in [3.8, 4) is 0 Å². The van der Waals surface area contributed by atoms with Crippen molar-refractivity contribution in [1.29, 1.82) is 0 Å². The van der Waals surface area contributed by atoms with E-state index in [0.717, 1.165) is 12.8 Å². The first kappa shape index (κ1) is 16.2. The highest BCUT2D eigenvalue weighted by Crippen LogP contribution is 2.19. The predicted molar refractivity (Wildman–Crippen MR) is 75.3 cm³/mol. The molecule has 0 fully saturated rings. The molecule has 1 aromatic rings. The van der Waals surface area contributed by atoms with Crippen LogP contribution in [0, 0.1) is 0 Å². The van der Waals surface area contributed by atoms with E-state index >= 15 is 0 Å². The molecule has 1 amide bonds. The summed E-state index contributed by atoms with van der Waals surface area (Å²) < 4.78 is 1.92. The summed E-state index contributed by atoms with van der Waals surface area (Å²) >= 11 is 0. The molecule has 0 saturated heterocycles. The maximum atomic E-state index is 12.3. The number of carboxylic acid groups (broad SMARTS) is 1. The summed E-state index contributed by atoms with van der Waals surface area (Å²) in [5.41, 5.74) is 0. The number of hydrogen-bond acceptors (Lipinski definition) is 3. The fourth-order valence-corrected chi connectivity index (χ4v) is 2.20. The van der Waals surface area contributed by atoms with E-state index < -0.39 is 5.97 Å². The number of aliphatic carboxylic acids is 1. The molecule has 0 spiro atoms. The molecule has 1 N–H and O–H groups in total. The van der Waals surface area contributed by atoms with Gasteiger partial charge in [0.05, 0.1) is 6.33 Å². The van der Waals surface area contributed by atoms with E-state index in [2.05, 4.69) is 11.9 Å². The van der Waals surface area contributed by atoms with Crippen LogP contribution < -0.4 is 0 Å². The number of nitrogens with zero attached hydrogens (tertiary/aromatic N) is 3. The number of carboxylic acids is 1. The fraction of sp³-hybridized carbons (Fsp3) is 0.643. The highest BCUT2D eigenvalue weighted by atomic mass is 16.4. The summed E-state index contributed by atoms with van der Waals surface area (Å²) in [6.45, 7) is 5.46. The lowest BCUT2D eigenvalue weighted by Gasteiger charge is -2.27. The summed E-state index contributed by atoms with van der Waals surface area (Å²) in [6.07, 6.45) is 7.34. The Labute approximate surface area is 119 Å². The average molecular weight is 281 g/mol. The molecule has 1 unspecified atom stereocenters. The van der Waals surface area contributed by atoms with Gasteiger partial charge in [0.1, 0.15) is 6.54 Å². The third kappa shape index (κ3) is 4.68. The summed E-state index contributed by atoms with van der Waals surface area (Å²) in [5.74, 6) is -1.11. The molecule has 0 radical (unpaired) electrons. The van der Waals surface area contributed by atoms with Gasteiger partial charge < -0.3 is 14.6 Å². The van der Waals surface area contributed by atoms with E-state index in [0.29, 0.717) is 6.42 Å². The van der Waals surface area contributed by atoms with Gasteiger partial charge in [-0.2, -0.15) is 0 Å². The zero-order chi connectivity index (χ0) is 15.1. The highest BCUT2D eigenvalue weighted by Gasteiger charge is 2.23. The molecule has 6 heteroatoms. The average Bonchev–Trinajstić information content (AvgIpc) is 2.88. The molecule has 1 heterocycles. The number of imidazole rings is 1. The Morgan fingerprint density at radius 1 is 1.40 bits per heavy atom. The van der Waals surface area contributed by atoms with Crippen molar-refractivity contribution in [2.75, 3.05) is 6.54 Å². The first-order chi connectivity index (χ1) is 9.45. The van der Waals surface area contributed by atoms with Crippen molar-refractivity contribution in [2.24, 2.45) is 0 Å². The van der Waals surface area contributed by atoms with Crippen LogP contribution in [0.5, 0.6) is 0 Å². The molecular weight excluding hydrogens is 258 g/mol. The molecule has 0 aliphatic rings. The van der Waals surface area contributed by atoms with Crippen molar-refractivity contribution < 1.29 is 14.7 Å². The van der Waals surface area contributed by atoms with Crippen LogP contribution in [0.3, 0.4) is 0 Å². The molecular formula is C14H23N3O3. The summed E-state index contributed by atoms with van der Waals surface area (Å²) in [5, 5.41) is 8.89. The standard InChI is InChI=1S/C14H23N3O3/c1-4-5-12(16-7-6-15-10-16)8-13(18)17(11(2)3)9-14(19)20/h6-7,10-12H,4-5,8-9H2,1-3H3,(H,19,20). The van der Waals surface area contributed by atoms with E-state index in [1.165, 1.54) is 4.90 Å². The monoisotopic (exact) mass is 281 g/mol. The second-order valence-electron chi connectivity index (χ2n) is 5.17. The Kier molecular flexibility index (Phi) is 6.21. The Morgan fingerprint density at radius 3 is 2.55 bits per heavy atom. The second kappa shape index (κ2) is 7.67. The van der Waals surface area contributed by atoms with Crippen molar-refractivity contribution in [3.05, 3.63) is 18.7 Å². The predicted octanol–water partition coefficient (Wildman–Crippen LogP) is 1.94. The van der Waals surface area contributed by atoms with E-state index in [-0.39, 0.29) is 24.5 Å². The topological polar surface area (TPSA) is 75.4 Å². The van der Waals surface area contributed by atoms with Gasteiger partial charge in [0.15, 0.2) is 0 Å². The minimum Gasteiger partial charge on any atom is -0.480 e. The largest absolute Gasteiger partial charge is 0.480 e. The number of rotatable bonds is 8. The van der Waals surface area contributed by atoms with Crippen molar-refractivity contribution in [1.82, 2.24) is 14.5 Å². The normalized spacial score (nSPS) is 12.4. The number of hydrogen-bond donors (Lipinski definition) is 1. The molecule has 6 nitrogen and oxygen atoms in total. The Balaban J connectivity index is 2.75. The van der Waals surface area contributed by atoms with Crippen molar-refractivity contribution in [2.45, 2.75) is 52.1 Å². The third-order valence-electron chi connectivity index (χ3n) is 3.23. The highest BCUT2D eigenvalue weighted by molar-refractivity contribution is 5.81. The third-order valence-corrected chi connectivity index (χ3v) is 3.23. The lowest BCUT2D eigenvalue weighted by molar-refractivity contribution is -0.146. The zero-order valence-corrected chi connectivity index (χ0v) is 12.3. The molecule has 112 valence electrons. The van der Waals surface area contributed by atoms with E-state index in [1.807, 2.05) is 24.6 Å².